The lowest BCUT2D eigenvalue weighted by Gasteiger charge is -2.10. The van der Waals surface area contributed by atoms with Gasteiger partial charge in [-0.05, 0) is 54.4 Å². The highest BCUT2D eigenvalue weighted by Crippen LogP contribution is 2.49. The maximum Gasteiger partial charge on any atom is 0.119 e. The fourth-order valence-electron chi connectivity index (χ4n) is 3.22. The van der Waals surface area contributed by atoms with E-state index < -0.39 is 0 Å². The summed E-state index contributed by atoms with van der Waals surface area (Å²) in [6.45, 7) is 0. The normalized spacial score (nSPS) is 32.5. The van der Waals surface area contributed by atoms with Gasteiger partial charge in [0.05, 0.1) is 13.2 Å². The van der Waals surface area contributed by atoms with E-state index in [9.17, 15) is 5.11 Å². The van der Waals surface area contributed by atoms with E-state index in [1.54, 1.807) is 7.11 Å². The number of methoxy groups -OCH3 is 1. The summed E-state index contributed by atoms with van der Waals surface area (Å²) in [7, 11) is 1.71. The van der Waals surface area contributed by atoms with Crippen LogP contribution in [-0.2, 0) is 6.42 Å². The molecule has 1 saturated carbocycles. The van der Waals surface area contributed by atoms with Crippen molar-refractivity contribution in [2.45, 2.75) is 31.3 Å². The minimum Gasteiger partial charge on any atom is -0.497 e. The lowest BCUT2D eigenvalue weighted by Crippen LogP contribution is -2.01. The second-order valence-corrected chi connectivity index (χ2v) is 4.76. The molecule has 2 aliphatic carbocycles. The fourth-order valence-corrected chi connectivity index (χ4v) is 3.22. The van der Waals surface area contributed by atoms with Crippen molar-refractivity contribution < 1.29 is 9.84 Å². The number of hydrogen-bond acceptors (Lipinski definition) is 2. The summed E-state index contributed by atoms with van der Waals surface area (Å²) in [5.41, 5.74) is 2.87. The van der Waals surface area contributed by atoms with Gasteiger partial charge in [-0.15, -0.1) is 0 Å². The number of aliphatic hydroxyl groups is 1. The predicted molar refractivity (Wildman–Crippen MR) is 58.2 cm³/mol. The Kier molecular flexibility index (Phi) is 1.99. The average Bonchev–Trinajstić information content (AvgIpc) is 2.73. The third-order valence-electron chi connectivity index (χ3n) is 3.90. The Morgan fingerprint density at radius 2 is 2.20 bits per heavy atom. The Hall–Kier alpha value is -1.02. The molecule has 3 rings (SSSR count). The number of ether oxygens (including phenoxy) is 1. The molecule has 0 spiro atoms. The summed E-state index contributed by atoms with van der Waals surface area (Å²) < 4.78 is 5.25. The van der Waals surface area contributed by atoms with Gasteiger partial charge in [0.1, 0.15) is 5.75 Å². The molecule has 2 heteroatoms. The zero-order chi connectivity index (χ0) is 10.4. The van der Waals surface area contributed by atoms with E-state index in [0.29, 0.717) is 11.8 Å². The number of hydrogen-bond donors (Lipinski definition) is 1. The van der Waals surface area contributed by atoms with Gasteiger partial charge in [-0.2, -0.15) is 0 Å². The average molecular weight is 204 g/mol. The molecule has 1 aromatic rings. The van der Waals surface area contributed by atoms with Gasteiger partial charge in [0.15, 0.2) is 0 Å². The molecule has 15 heavy (non-hydrogen) atoms. The molecule has 0 unspecified atom stereocenters. The first-order valence-corrected chi connectivity index (χ1v) is 5.63. The van der Waals surface area contributed by atoms with Crippen LogP contribution in [0.15, 0.2) is 18.2 Å². The number of rotatable bonds is 1. The SMILES string of the molecule is COc1ccc2c(c1)[C@H]1C[C@@H](O)C[C@H]1C2. The highest BCUT2D eigenvalue weighted by molar-refractivity contribution is 5.43. The molecule has 1 fully saturated rings. The molecule has 0 aliphatic heterocycles. The molecular formula is C13H16O2. The Bertz CT molecular complexity index is 386. The summed E-state index contributed by atoms with van der Waals surface area (Å²) in [6, 6.07) is 6.37. The van der Waals surface area contributed by atoms with Gasteiger partial charge < -0.3 is 9.84 Å². The van der Waals surface area contributed by atoms with Crippen LogP contribution >= 0.6 is 0 Å². The van der Waals surface area contributed by atoms with Crippen molar-refractivity contribution in [3.05, 3.63) is 29.3 Å². The lowest BCUT2D eigenvalue weighted by atomic mass is 9.96. The maximum absolute atomic E-state index is 9.66. The zero-order valence-corrected chi connectivity index (χ0v) is 8.94. The van der Waals surface area contributed by atoms with Gasteiger partial charge >= 0.3 is 0 Å². The predicted octanol–water partition coefficient (Wildman–Crippen LogP) is 2.11. The van der Waals surface area contributed by atoms with Gasteiger partial charge in [-0.1, -0.05) is 6.07 Å². The summed E-state index contributed by atoms with van der Waals surface area (Å²) in [5, 5.41) is 9.66. The van der Waals surface area contributed by atoms with Crippen LogP contribution < -0.4 is 4.74 Å². The first-order valence-electron chi connectivity index (χ1n) is 5.63. The summed E-state index contributed by atoms with van der Waals surface area (Å²) in [6.07, 6.45) is 2.97. The molecule has 0 bridgehead atoms. The van der Waals surface area contributed by atoms with Gasteiger partial charge in [-0.25, -0.2) is 0 Å². The van der Waals surface area contributed by atoms with Crippen molar-refractivity contribution in [3.63, 3.8) is 0 Å². The Morgan fingerprint density at radius 3 is 3.00 bits per heavy atom. The molecule has 1 aromatic carbocycles. The minimum absolute atomic E-state index is 0.0839. The van der Waals surface area contributed by atoms with Crippen molar-refractivity contribution in [2.24, 2.45) is 5.92 Å². The monoisotopic (exact) mass is 204 g/mol. The van der Waals surface area contributed by atoms with E-state index in [-0.39, 0.29) is 6.10 Å². The molecule has 1 N–H and O–H groups in total. The van der Waals surface area contributed by atoms with Crippen molar-refractivity contribution in [3.8, 4) is 5.75 Å². The molecule has 0 aromatic heterocycles. The summed E-state index contributed by atoms with van der Waals surface area (Å²) >= 11 is 0. The minimum atomic E-state index is -0.0839. The van der Waals surface area contributed by atoms with E-state index in [1.807, 2.05) is 6.07 Å². The van der Waals surface area contributed by atoms with Crippen LogP contribution in [0.2, 0.25) is 0 Å². The number of fused-ring (bicyclic) bond motifs is 3. The molecule has 0 saturated heterocycles. The third kappa shape index (κ3) is 1.36. The standard InChI is InChI=1S/C13H16O2/c1-15-11-3-2-8-4-9-5-10(14)6-12(9)13(8)7-11/h2-3,7,9-10,12,14H,4-6H2,1H3/t9-,10+,12+/m1/s1. The summed E-state index contributed by atoms with van der Waals surface area (Å²) in [4.78, 5) is 0. The van der Waals surface area contributed by atoms with Crippen LogP contribution in [0.1, 0.15) is 29.9 Å². The van der Waals surface area contributed by atoms with Crippen LogP contribution in [0.3, 0.4) is 0 Å². The molecular weight excluding hydrogens is 188 g/mol. The largest absolute Gasteiger partial charge is 0.497 e. The van der Waals surface area contributed by atoms with E-state index >= 15 is 0 Å². The number of aliphatic hydroxyl groups excluding tert-OH is 1. The van der Waals surface area contributed by atoms with Crippen molar-refractivity contribution in [2.75, 3.05) is 7.11 Å². The number of benzene rings is 1. The first kappa shape index (κ1) is 9.22. The van der Waals surface area contributed by atoms with E-state index in [0.717, 1.165) is 25.0 Å². The first-order chi connectivity index (χ1) is 7.28. The Morgan fingerprint density at radius 1 is 1.33 bits per heavy atom. The van der Waals surface area contributed by atoms with Gasteiger partial charge in [-0.3, -0.25) is 0 Å². The van der Waals surface area contributed by atoms with Gasteiger partial charge in [0, 0.05) is 0 Å². The van der Waals surface area contributed by atoms with Crippen LogP contribution in [0.5, 0.6) is 5.75 Å². The summed E-state index contributed by atoms with van der Waals surface area (Å²) in [5.74, 6) is 2.18. The van der Waals surface area contributed by atoms with Gasteiger partial charge in [0.2, 0.25) is 0 Å². The molecule has 0 radical (unpaired) electrons. The van der Waals surface area contributed by atoms with Crippen LogP contribution in [-0.4, -0.2) is 18.3 Å². The highest BCUT2D eigenvalue weighted by Gasteiger charge is 2.40. The van der Waals surface area contributed by atoms with E-state index in [4.69, 9.17) is 4.74 Å². The third-order valence-corrected chi connectivity index (χ3v) is 3.90. The van der Waals surface area contributed by atoms with Crippen molar-refractivity contribution >= 4 is 0 Å². The smallest absolute Gasteiger partial charge is 0.119 e. The second kappa shape index (κ2) is 3.24. The van der Waals surface area contributed by atoms with Gasteiger partial charge in [0.25, 0.3) is 0 Å². The van der Waals surface area contributed by atoms with Crippen molar-refractivity contribution in [1.29, 1.82) is 0 Å². The van der Waals surface area contributed by atoms with E-state index in [1.165, 1.54) is 11.1 Å². The zero-order valence-electron chi connectivity index (χ0n) is 8.94. The quantitative estimate of drug-likeness (QED) is 0.759. The Labute approximate surface area is 89.9 Å². The van der Waals surface area contributed by atoms with Crippen LogP contribution in [0, 0.1) is 5.92 Å². The fraction of sp³-hybridized carbons (Fsp3) is 0.538. The second-order valence-electron chi connectivity index (χ2n) is 4.76. The topological polar surface area (TPSA) is 29.5 Å². The highest BCUT2D eigenvalue weighted by atomic mass is 16.5. The van der Waals surface area contributed by atoms with Crippen LogP contribution in [0.25, 0.3) is 0 Å². The Balaban J connectivity index is 1.99. The maximum atomic E-state index is 9.66. The molecule has 0 amide bonds. The van der Waals surface area contributed by atoms with Crippen molar-refractivity contribution in [1.82, 2.24) is 0 Å². The molecule has 0 heterocycles. The lowest BCUT2D eigenvalue weighted by molar-refractivity contribution is 0.176. The van der Waals surface area contributed by atoms with Crippen LogP contribution in [0.4, 0.5) is 0 Å². The molecule has 2 nitrogen and oxygen atoms in total. The molecule has 80 valence electrons. The molecule has 3 atom stereocenters. The van der Waals surface area contributed by atoms with E-state index in [2.05, 4.69) is 12.1 Å². The molecule has 2 aliphatic rings.